The van der Waals surface area contributed by atoms with Gasteiger partial charge in [-0.15, -0.1) is 0 Å². The van der Waals surface area contributed by atoms with Gasteiger partial charge < -0.3 is 15.8 Å². The zero-order valence-corrected chi connectivity index (χ0v) is 13.4. The summed E-state index contributed by atoms with van der Waals surface area (Å²) < 4.78 is 20.1. The summed E-state index contributed by atoms with van der Waals surface area (Å²) in [5.74, 6) is 0.478. The van der Waals surface area contributed by atoms with Gasteiger partial charge in [0.15, 0.2) is 0 Å². The lowest BCUT2D eigenvalue weighted by Crippen LogP contribution is -2.03. The Hall–Kier alpha value is -1.75. The maximum atomic E-state index is 13.7. The van der Waals surface area contributed by atoms with Crippen molar-refractivity contribution < 1.29 is 9.13 Å². The maximum absolute atomic E-state index is 13.7. The molecule has 21 heavy (non-hydrogen) atoms. The third-order valence-corrected chi connectivity index (χ3v) is 3.39. The molecule has 0 fully saturated rings. The predicted molar refractivity (Wildman–Crippen MR) is 88.1 cm³/mol. The zero-order valence-electron chi connectivity index (χ0n) is 11.8. The highest BCUT2D eigenvalue weighted by Crippen LogP contribution is 2.24. The number of benzene rings is 2. The monoisotopic (exact) mass is 352 g/mol. The Bertz CT molecular complexity index is 619. The van der Waals surface area contributed by atoms with Crippen LogP contribution in [0.1, 0.15) is 18.9 Å². The average Bonchev–Trinajstić information content (AvgIpc) is 2.45. The molecule has 0 saturated heterocycles. The predicted octanol–water partition coefficient (Wildman–Crippen LogP) is 4.57. The first-order chi connectivity index (χ1) is 10.1. The third kappa shape index (κ3) is 4.63. The van der Waals surface area contributed by atoms with Crippen LogP contribution in [0.4, 0.5) is 15.8 Å². The van der Waals surface area contributed by atoms with E-state index in [1.807, 2.05) is 13.0 Å². The molecule has 3 N–H and O–H groups in total. The minimum Gasteiger partial charge on any atom is -0.493 e. The van der Waals surface area contributed by atoms with Gasteiger partial charge in [0.1, 0.15) is 11.6 Å². The van der Waals surface area contributed by atoms with Crippen molar-refractivity contribution in [1.82, 2.24) is 0 Å². The number of hydrogen-bond acceptors (Lipinski definition) is 3. The van der Waals surface area contributed by atoms with E-state index >= 15 is 0 Å². The number of nitrogens with two attached hydrogens (primary N) is 1. The van der Waals surface area contributed by atoms with Crippen molar-refractivity contribution in [2.24, 2.45) is 0 Å². The second-order valence-corrected chi connectivity index (χ2v) is 5.64. The van der Waals surface area contributed by atoms with Gasteiger partial charge in [-0.25, -0.2) is 4.39 Å². The molecule has 2 aromatic carbocycles. The van der Waals surface area contributed by atoms with E-state index in [-0.39, 0.29) is 5.82 Å². The van der Waals surface area contributed by atoms with Gasteiger partial charge in [0, 0.05) is 40.1 Å². The molecule has 5 heteroatoms. The van der Waals surface area contributed by atoms with E-state index in [1.165, 1.54) is 6.07 Å². The van der Waals surface area contributed by atoms with Crippen molar-refractivity contribution in [2.75, 3.05) is 17.7 Å². The van der Waals surface area contributed by atoms with Crippen LogP contribution in [0.2, 0.25) is 0 Å². The minimum atomic E-state index is -0.239. The first-order valence-electron chi connectivity index (χ1n) is 6.79. The van der Waals surface area contributed by atoms with E-state index in [2.05, 4.69) is 21.2 Å². The fourth-order valence-corrected chi connectivity index (χ4v) is 2.31. The maximum Gasteiger partial charge on any atom is 0.128 e. The van der Waals surface area contributed by atoms with Crippen molar-refractivity contribution in [1.29, 1.82) is 0 Å². The molecular formula is C16H18BrFN2O. The summed E-state index contributed by atoms with van der Waals surface area (Å²) in [4.78, 5) is 0. The SMILES string of the molecule is CCCOc1cc(N)cc(NCc2cc(Br)ccc2F)c1. The molecule has 0 heterocycles. The van der Waals surface area contributed by atoms with E-state index in [0.29, 0.717) is 30.2 Å². The van der Waals surface area contributed by atoms with Crippen molar-refractivity contribution in [2.45, 2.75) is 19.9 Å². The van der Waals surface area contributed by atoms with Crippen LogP contribution in [0.25, 0.3) is 0 Å². The second kappa shape index (κ2) is 7.31. The Morgan fingerprint density at radius 1 is 1.24 bits per heavy atom. The van der Waals surface area contributed by atoms with Crippen molar-refractivity contribution in [3.63, 3.8) is 0 Å². The molecule has 0 amide bonds. The highest BCUT2D eigenvalue weighted by atomic mass is 79.9. The average molecular weight is 353 g/mol. The van der Waals surface area contributed by atoms with Crippen LogP contribution in [-0.2, 0) is 6.54 Å². The van der Waals surface area contributed by atoms with Crippen molar-refractivity contribution in [3.05, 3.63) is 52.3 Å². The summed E-state index contributed by atoms with van der Waals surface area (Å²) in [5.41, 5.74) is 7.86. The van der Waals surface area contributed by atoms with E-state index < -0.39 is 0 Å². The lowest BCUT2D eigenvalue weighted by molar-refractivity contribution is 0.318. The molecule has 0 aliphatic heterocycles. The molecule has 2 aromatic rings. The number of anilines is 2. The van der Waals surface area contributed by atoms with Crippen LogP contribution in [-0.4, -0.2) is 6.61 Å². The highest BCUT2D eigenvalue weighted by molar-refractivity contribution is 9.10. The largest absolute Gasteiger partial charge is 0.493 e. The van der Waals surface area contributed by atoms with Crippen LogP contribution in [0.15, 0.2) is 40.9 Å². The summed E-state index contributed by atoms with van der Waals surface area (Å²) >= 11 is 3.34. The molecule has 0 atom stereocenters. The molecule has 3 nitrogen and oxygen atoms in total. The number of rotatable bonds is 6. The van der Waals surface area contributed by atoms with E-state index in [4.69, 9.17) is 10.5 Å². The van der Waals surface area contributed by atoms with Gasteiger partial charge in [-0.3, -0.25) is 0 Å². The van der Waals surface area contributed by atoms with Crippen LogP contribution in [0, 0.1) is 5.82 Å². The summed E-state index contributed by atoms with van der Waals surface area (Å²) in [6.45, 7) is 3.06. The topological polar surface area (TPSA) is 47.3 Å². The van der Waals surface area contributed by atoms with Gasteiger partial charge in [0.25, 0.3) is 0 Å². The molecule has 0 spiro atoms. The van der Waals surface area contributed by atoms with Crippen LogP contribution >= 0.6 is 15.9 Å². The molecule has 0 aromatic heterocycles. The smallest absolute Gasteiger partial charge is 0.128 e. The van der Waals surface area contributed by atoms with E-state index in [1.54, 1.807) is 24.3 Å². The number of halogens is 2. The fraction of sp³-hybridized carbons (Fsp3) is 0.250. The van der Waals surface area contributed by atoms with Crippen molar-refractivity contribution >= 4 is 27.3 Å². The minimum absolute atomic E-state index is 0.239. The Morgan fingerprint density at radius 3 is 2.81 bits per heavy atom. The Labute approximate surface area is 132 Å². The van der Waals surface area contributed by atoms with Gasteiger partial charge in [0.2, 0.25) is 0 Å². The summed E-state index contributed by atoms with van der Waals surface area (Å²) in [6.07, 6.45) is 0.931. The Morgan fingerprint density at radius 2 is 2.05 bits per heavy atom. The molecule has 0 bridgehead atoms. The van der Waals surface area contributed by atoms with Crippen molar-refractivity contribution in [3.8, 4) is 5.75 Å². The summed E-state index contributed by atoms with van der Waals surface area (Å²) in [5, 5.41) is 3.17. The lowest BCUT2D eigenvalue weighted by Gasteiger charge is -2.11. The van der Waals surface area contributed by atoms with Gasteiger partial charge >= 0.3 is 0 Å². The standard InChI is InChI=1S/C16H18BrFN2O/c1-2-5-21-15-8-13(19)7-14(9-15)20-10-11-6-12(17)3-4-16(11)18/h3-4,6-9,20H,2,5,10,19H2,1H3. The molecule has 0 radical (unpaired) electrons. The zero-order chi connectivity index (χ0) is 15.2. The number of nitrogens with one attached hydrogen (secondary N) is 1. The van der Waals surface area contributed by atoms with Crippen LogP contribution in [0.5, 0.6) is 5.75 Å². The quantitative estimate of drug-likeness (QED) is 0.748. The molecule has 0 saturated carbocycles. The highest BCUT2D eigenvalue weighted by Gasteiger charge is 2.04. The lowest BCUT2D eigenvalue weighted by atomic mass is 10.2. The first kappa shape index (κ1) is 15.6. The van der Waals surface area contributed by atoms with Crippen LogP contribution in [0.3, 0.4) is 0 Å². The van der Waals surface area contributed by atoms with Gasteiger partial charge in [-0.05, 0) is 30.7 Å². The van der Waals surface area contributed by atoms with Gasteiger partial charge in [-0.2, -0.15) is 0 Å². The Kier molecular flexibility index (Phi) is 5.44. The summed E-state index contributed by atoms with van der Waals surface area (Å²) in [7, 11) is 0. The third-order valence-electron chi connectivity index (χ3n) is 2.89. The molecule has 0 aliphatic rings. The van der Waals surface area contributed by atoms with Gasteiger partial charge in [0.05, 0.1) is 6.61 Å². The molecule has 0 aliphatic carbocycles. The number of nitrogen functional groups attached to an aromatic ring is 1. The van der Waals surface area contributed by atoms with E-state index in [0.717, 1.165) is 16.6 Å². The Balaban J connectivity index is 2.08. The molecule has 2 rings (SSSR count). The van der Waals surface area contributed by atoms with Gasteiger partial charge in [-0.1, -0.05) is 22.9 Å². The summed E-state index contributed by atoms with van der Waals surface area (Å²) in [6, 6.07) is 10.3. The van der Waals surface area contributed by atoms with Crippen LogP contribution < -0.4 is 15.8 Å². The number of hydrogen-bond donors (Lipinski definition) is 2. The molecule has 112 valence electrons. The fourth-order valence-electron chi connectivity index (χ4n) is 1.90. The van der Waals surface area contributed by atoms with E-state index in [9.17, 15) is 4.39 Å². The molecule has 0 unspecified atom stereocenters. The second-order valence-electron chi connectivity index (χ2n) is 4.73. The molecular weight excluding hydrogens is 335 g/mol. The number of ether oxygens (including phenoxy) is 1. The normalized spacial score (nSPS) is 10.4. The first-order valence-corrected chi connectivity index (χ1v) is 7.59.